The normalized spacial score (nSPS) is 16.8. The number of benzene rings is 1. The van der Waals surface area contributed by atoms with Crippen LogP contribution in [0.15, 0.2) is 23.1 Å². The van der Waals surface area contributed by atoms with Gasteiger partial charge in [-0.2, -0.15) is 0 Å². The average Bonchev–Trinajstić information content (AvgIpc) is 3.09. The van der Waals surface area contributed by atoms with Gasteiger partial charge in [0.25, 0.3) is 0 Å². The number of sulfonamides is 1. The molecule has 0 amide bonds. The molecule has 3 N–H and O–H groups in total. The van der Waals surface area contributed by atoms with Crippen LogP contribution in [0.2, 0.25) is 0 Å². The fourth-order valence-electron chi connectivity index (χ4n) is 2.08. The van der Waals surface area contributed by atoms with Crippen molar-refractivity contribution >= 4 is 22.4 Å². The van der Waals surface area contributed by atoms with Gasteiger partial charge < -0.3 is 5.73 Å². The molecule has 0 bridgehead atoms. The highest BCUT2D eigenvalue weighted by Crippen LogP contribution is 2.31. The Hall–Kier alpha value is -0.620. The molecule has 19 heavy (non-hydrogen) atoms. The van der Waals surface area contributed by atoms with Crippen LogP contribution in [-0.2, 0) is 10.0 Å². The van der Waals surface area contributed by atoms with Crippen molar-refractivity contribution < 1.29 is 8.42 Å². The first-order chi connectivity index (χ1) is 8.40. The Labute approximate surface area is 121 Å². The summed E-state index contributed by atoms with van der Waals surface area (Å²) in [6, 6.07) is 5.26. The van der Waals surface area contributed by atoms with E-state index in [2.05, 4.69) is 4.72 Å². The monoisotopic (exact) mass is 304 g/mol. The Bertz CT molecular complexity index is 542. The van der Waals surface area contributed by atoms with E-state index < -0.39 is 10.0 Å². The molecule has 1 saturated carbocycles. The molecule has 6 heteroatoms. The zero-order valence-corrected chi connectivity index (χ0v) is 12.9. The average molecular weight is 305 g/mol. The maximum atomic E-state index is 12.1. The van der Waals surface area contributed by atoms with E-state index in [4.69, 9.17) is 5.73 Å². The number of hydrogen-bond donors (Lipinski definition) is 2. The van der Waals surface area contributed by atoms with Crippen molar-refractivity contribution in [2.45, 2.75) is 37.6 Å². The lowest BCUT2D eigenvalue weighted by Crippen LogP contribution is -2.38. The highest BCUT2D eigenvalue weighted by Gasteiger charge is 2.29. The fourth-order valence-corrected chi connectivity index (χ4v) is 3.37. The van der Waals surface area contributed by atoms with Crippen LogP contribution in [-0.4, -0.2) is 21.0 Å². The minimum absolute atomic E-state index is 0. The molecule has 0 aromatic heterocycles. The summed E-state index contributed by atoms with van der Waals surface area (Å²) < 4.78 is 26.9. The molecule has 0 saturated heterocycles. The Morgan fingerprint density at radius 1 is 1.37 bits per heavy atom. The Kier molecular flexibility index (Phi) is 5.38. The minimum Gasteiger partial charge on any atom is -0.326 e. The molecule has 108 valence electrons. The summed E-state index contributed by atoms with van der Waals surface area (Å²) in [6.07, 6.45) is 2.24. The molecule has 1 fully saturated rings. The number of rotatable bonds is 5. The summed E-state index contributed by atoms with van der Waals surface area (Å²) in [5.41, 5.74) is 7.72. The second-order valence-corrected chi connectivity index (χ2v) is 6.86. The van der Waals surface area contributed by atoms with Gasteiger partial charge in [-0.3, -0.25) is 0 Å². The standard InChI is InChI=1S/C13H20N2O2S.ClH/c1-9-3-6-13(10(2)7-9)18(16,17)15-8-12(14)11-4-5-11;/h3,6-7,11-12,15H,4-5,8,14H2,1-2H3;1H. The van der Waals surface area contributed by atoms with Crippen LogP contribution < -0.4 is 10.5 Å². The van der Waals surface area contributed by atoms with Crippen LogP contribution in [0.3, 0.4) is 0 Å². The van der Waals surface area contributed by atoms with Gasteiger partial charge in [-0.05, 0) is 44.2 Å². The van der Waals surface area contributed by atoms with Gasteiger partial charge in [0, 0.05) is 12.6 Å². The van der Waals surface area contributed by atoms with Gasteiger partial charge in [0.1, 0.15) is 0 Å². The number of hydrogen-bond acceptors (Lipinski definition) is 3. The maximum absolute atomic E-state index is 12.1. The smallest absolute Gasteiger partial charge is 0.240 e. The van der Waals surface area contributed by atoms with E-state index in [1.807, 2.05) is 26.0 Å². The predicted molar refractivity (Wildman–Crippen MR) is 79.1 cm³/mol. The topological polar surface area (TPSA) is 72.2 Å². The summed E-state index contributed by atoms with van der Waals surface area (Å²) in [7, 11) is -3.44. The Morgan fingerprint density at radius 2 is 2.00 bits per heavy atom. The molecule has 4 nitrogen and oxygen atoms in total. The largest absolute Gasteiger partial charge is 0.326 e. The Balaban J connectivity index is 0.00000180. The summed E-state index contributed by atoms with van der Waals surface area (Å²) in [4.78, 5) is 0.344. The van der Waals surface area contributed by atoms with E-state index in [1.54, 1.807) is 6.07 Å². The minimum atomic E-state index is -3.44. The molecule has 0 spiro atoms. The molecule has 1 unspecified atom stereocenters. The van der Waals surface area contributed by atoms with Gasteiger partial charge in [-0.15, -0.1) is 12.4 Å². The molecular formula is C13H21ClN2O2S. The van der Waals surface area contributed by atoms with Crippen LogP contribution in [0.1, 0.15) is 24.0 Å². The van der Waals surface area contributed by atoms with E-state index >= 15 is 0 Å². The molecule has 1 atom stereocenters. The Morgan fingerprint density at radius 3 is 2.53 bits per heavy atom. The molecule has 1 aromatic rings. The third kappa shape index (κ3) is 4.18. The van der Waals surface area contributed by atoms with Crippen LogP contribution in [0, 0.1) is 19.8 Å². The van der Waals surface area contributed by atoms with Gasteiger partial charge in [-0.25, -0.2) is 13.1 Å². The lowest BCUT2D eigenvalue weighted by molar-refractivity contribution is 0.547. The quantitative estimate of drug-likeness (QED) is 0.870. The summed E-state index contributed by atoms with van der Waals surface area (Å²) in [5.74, 6) is 0.492. The molecule has 0 radical (unpaired) electrons. The van der Waals surface area contributed by atoms with Gasteiger partial charge in [0.2, 0.25) is 10.0 Å². The molecule has 0 aliphatic heterocycles. The third-order valence-corrected chi connectivity index (χ3v) is 4.94. The van der Waals surface area contributed by atoms with E-state index in [1.165, 1.54) is 0 Å². The molecular weight excluding hydrogens is 284 g/mol. The van der Waals surface area contributed by atoms with Crippen LogP contribution >= 0.6 is 12.4 Å². The first kappa shape index (κ1) is 16.4. The van der Waals surface area contributed by atoms with Crippen molar-refractivity contribution in [2.24, 2.45) is 11.7 Å². The first-order valence-corrected chi connectivity index (χ1v) is 7.71. The zero-order chi connectivity index (χ0) is 13.3. The number of aryl methyl sites for hydroxylation is 2. The number of nitrogens with one attached hydrogen (secondary N) is 1. The molecule has 2 rings (SSSR count). The molecule has 1 aromatic carbocycles. The highest BCUT2D eigenvalue weighted by atomic mass is 35.5. The van der Waals surface area contributed by atoms with Gasteiger partial charge >= 0.3 is 0 Å². The van der Waals surface area contributed by atoms with Crippen molar-refractivity contribution in [1.29, 1.82) is 0 Å². The number of nitrogens with two attached hydrogens (primary N) is 1. The van der Waals surface area contributed by atoms with Crippen molar-refractivity contribution in [3.8, 4) is 0 Å². The summed E-state index contributed by atoms with van der Waals surface area (Å²) in [5, 5.41) is 0. The van der Waals surface area contributed by atoms with E-state index in [0.717, 1.165) is 24.0 Å². The van der Waals surface area contributed by atoms with Crippen LogP contribution in [0.25, 0.3) is 0 Å². The molecule has 0 heterocycles. The number of halogens is 1. The summed E-state index contributed by atoms with van der Waals surface area (Å²) >= 11 is 0. The van der Waals surface area contributed by atoms with Gasteiger partial charge in [-0.1, -0.05) is 17.7 Å². The van der Waals surface area contributed by atoms with E-state index in [-0.39, 0.29) is 18.4 Å². The second-order valence-electron chi connectivity index (χ2n) is 5.12. The zero-order valence-electron chi connectivity index (χ0n) is 11.2. The fraction of sp³-hybridized carbons (Fsp3) is 0.538. The molecule has 1 aliphatic carbocycles. The first-order valence-electron chi connectivity index (χ1n) is 6.22. The van der Waals surface area contributed by atoms with Crippen LogP contribution in [0.4, 0.5) is 0 Å². The third-order valence-electron chi connectivity index (χ3n) is 3.36. The summed E-state index contributed by atoms with van der Waals surface area (Å²) in [6.45, 7) is 4.07. The van der Waals surface area contributed by atoms with Crippen molar-refractivity contribution in [3.63, 3.8) is 0 Å². The van der Waals surface area contributed by atoms with Crippen molar-refractivity contribution in [3.05, 3.63) is 29.3 Å². The molecule has 1 aliphatic rings. The lowest BCUT2D eigenvalue weighted by Gasteiger charge is -2.13. The van der Waals surface area contributed by atoms with Crippen molar-refractivity contribution in [1.82, 2.24) is 4.72 Å². The van der Waals surface area contributed by atoms with Gasteiger partial charge in [0.05, 0.1) is 4.90 Å². The van der Waals surface area contributed by atoms with Crippen LogP contribution in [0.5, 0.6) is 0 Å². The van der Waals surface area contributed by atoms with Crippen molar-refractivity contribution in [2.75, 3.05) is 6.54 Å². The maximum Gasteiger partial charge on any atom is 0.240 e. The second kappa shape index (κ2) is 6.22. The van der Waals surface area contributed by atoms with Gasteiger partial charge in [0.15, 0.2) is 0 Å². The predicted octanol–water partition coefficient (Wildman–Crippen LogP) is 1.74. The van der Waals surface area contributed by atoms with E-state index in [9.17, 15) is 8.42 Å². The highest BCUT2D eigenvalue weighted by molar-refractivity contribution is 7.89. The van der Waals surface area contributed by atoms with E-state index in [0.29, 0.717) is 17.4 Å². The lowest BCUT2D eigenvalue weighted by atomic mass is 10.2. The SMILES string of the molecule is Cc1ccc(S(=O)(=O)NCC(N)C2CC2)c(C)c1.Cl.